The van der Waals surface area contributed by atoms with Crippen molar-refractivity contribution in [1.29, 1.82) is 0 Å². The number of nitrogens with zero attached hydrogens (tertiary/aromatic N) is 3. The van der Waals surface area contributed by atoms with E-state index in [4.69, 9.17) is 32.9 Å². The molecule has 32 heavy (non-hydrogen) atoms. The van der Waals surface area contributed by atoms with Gasteiger partial charge in [-0.25, -0.2) is 4.98 Å². The molecule has 0 aliphatic heterocycles. The molecule has 8 heteroatoms. The molecule has 0 saturated carbocycles. The van der Waals surface area contributed by atoms with E-state index < -0.39 is 6.04 Å². The minimum atomic E-state index is -0.488. The summed E-state index contributed by atoms with van der Waals surface area (Å²) >= 11 is 12.1. The first-order valence-corrected chi connectivity index (χ1v) is 11.4. The number of hydrogen-bond donors (Lipinski definition) is 0. The molecule has 1 atom stereocenters. The van der Waals surface area contributed by atoms with E-state index in [1.807, 2.05) is 6.92 Å². The van der Waals surface area contributed by atoms with Gasteiger partial charge in [0.15, 0.2) is 0 Å². The summed E-state index contributed by atoms with van der Waals surface area (Å²) in [5.74, 6) is 1.17. The fraction of sp³-hybridized carbons (Fsp3) is 0.375. The van der Waals surface area contributed by atoms with Crippen LogP contribution >= 0.6 is 23.2 Å². The molecule has 1 amide bonds. The molecule has 0 fully saturated rings. The Morgan fingerprint density at radius 3 is 2.44 bits per heavy atom. The third-order valence-corrected chi connectivity index (χ3v) is 5.87. The van der Waals surface area contributed by atoms with Crippen molar-refractivity contribution in [3.8, 4) is 11.4 Å². The number of ether oxygens (including phenoxy) is 1. The molecule has 0 radical (unpaired) electrons. The van der Waals surface area contributed by atoms with Gasteiger partial charge in [-0.1, -0.05) is 25.4 Å². The zero-order valence-electron chi connectivity index (χ0n) is 18.6. The summed E-state index contributed by atoms with van der Waals surface area (Å²) in [6, 6.07) is 11.7. The van der Waals surface area contributed by atoms with Crippen LogP contribution in [-0.2, 0) is 4.79 Å². The third-order valence-electron chi connectivity index (χ3n) is 5.41. The number of rotatable bonds is 8. The van der Waals surface area contributed by atoms with Crippen LogP contribution in [0, 0.1) is 5.92 Å². The lowest BCUT2D eigenvalue weighted by Gasteiger charge is -2.30. The monoisotopic (exact) mass is 475 g/mol. The fourth-order valence-corrected chi connectivity index (χ4v) is 3.90. The molecule has 6 nitrogen and oxygen atoms in total. The number of halogens is 2. The molecule has 0 aliphatic carbocycles. The lowest BCUT2D eigenvalue weighted by atomic mass is 10.1. The maximum Gasteiger partial charge on any atom is 0.266 e. The third kappa shape index (κ3) is 5.08. The van der Waals surface area contributed by atoms with E-state index in [2.05, 4.69) is 13.8 Å². The molecule has 3 aromatic rings. The number of carbonyl (C=O) groups is 1. The van der Waals surface area contributed by atoms with Gasteiger partial charge in [0, 0.05) is 11.6 Å². The fourth-order valence-electron chi connectivity index (χ4n) is 3.58. The quantitative estimate of drug-likeness (QED) is 0.418. The topological polar surface area (TPSA) is 64.4 Å². The Labute approximate surface area is 197 Å². The highest BCUT2D eigenvalue weighted by molar-refractivity contribution is 6.31. The molecule has 0 spiro atoms. The van der Waals surface area contributed by atoms with Crippen molar-refractivity contribution in [2.75, 3.05) is 19.5 Å². The summed E-state index contributed by atoms with van der Waals surface area (Å²) in [7, 11) is 1.58. The van der Waals surface area contributed by atoms with Crippen LogP contribution in [-0.4, -0.2) is 39.9 Å². The summed E-state index contributed by atoms with van der Waals surface area (Å²) in [5.41, 5.74) is 0.876. The zero-order chi connectivity index (χ0) is 23.4. The Balaban J connectivity index is 2.24. The number of hydrogen-bond acceptors (Lipinski definition) is 4. The van der Waals surface area contributed by atoms with E-state index in [-0.39, 0.29) is 17.3 Å². The first kappa shape index (κ1) is 24.1. The Kier molecular flexibility index (Phi) is 7.80. The number of methoxy groups -OCH3 is 1. The maximum atomic E-state index is 13.6. The van der Waals surface area contributed by atoms with Gasteiger partial charge in [0.25, 0.3) is 5.56 Å². The Hall–Kier alpha value is -2.57. The predicted molar refractivity (Wildman–Crippen MR) is 129 cm³/mol. The molecule has 3 rings (SSSR count). The van der Waals surface area contributed by atoms with Gasteiger partial charge in [-0.05, 0) is 61.7 Å². The van der Waals surface area contributed by atoms with Crippen molar-refractivity contribution in [2.24, 2.45) is 5.92 Å². The first-order chi connectivity index (χ1) is 15.3. The van der Waals surface area contributed by atoms with Crippen LogP contribution in [0.1, 0.15) is 39.1 Å². The van der Waals surface area contributed by atoms with Gasteiger partial charge < -0.3 is 9.64 Å². The van der Waals surface area contributed by atoms with Gasteiger partial charge in [0.2, 0.25) is 5.91 Å². The summed E-state index contributed by atoms with van der Waals surface area (Å²) in [6.45, 7) is 6.56. The van der Waals surface area contributed by atoms with Crippen LogP contribution in [0.3, 0.4) is 0 Å². The van der Waals surface area contributed by atoms with Crippen molar-refractivity contribution < 1.29 is 9.53 Å². The number of aromatic nitrogens is 2. The van der Waals surface area contributed by atoms with E-state index in [0.717, 1.165) is 6.42 Å². The van der Waals surface area contributed by atoms with E-state index in [9.17, 15) is 9.59 Å². The summed E-state index contributed by atoms with van der Waals surface area (Å²) in [4.78, 5) is 32.8. The molecule has 1 aromatic heterocycles. The second kappa shape index (κ2) is 10.4. The lowest BCUT2D eigenvalue weighted by Crippen LogP contribution is -2.39. The summed E-state index contributed by atoms with van der Waals surface area (Å²) in [6.07, 6.45) is 0.805. The molecule has 0 aliphatic rings. The highest BCUT2D eigenvalue weighted by Crippen LogP contribution is 2.26. The smallest absolute Gasteiger partial charge is 0.266 e. The maximum absolute atomic E-state index is 13.6. The van der Waals surface area contributed by atoms with E-state index >= 15 is 0 Å². The molecular weight excluding hydrogens is 449 g/mol. The highest BCUT2D eigenvalue weighted by atomic mass is 35.5. The van der Waals surface area contributed by atoms with E-state index in [1.54, 1.807) is 59.0 Å². The summed E-state index contributed by atoms with van der Waals surface area (Å²) in [5, 5.41) is 0.928. The van der Waals surface area contributed by atoms with Gasteiger partial charge in [0.1, 0.15) is 17.5 Å². The van der Waals surface area contributed by atoms with E-state index in [1.165, 1.54) is 0 Å². The number of amides is 1. The van der Waals surface area contributed by atoms with Crippen molar-refractivity contribution in [3.05, 3.63) is 63.7 Å². The average Bonchev–Trinajstić information content (AvgIpc) is 2.78. The molecule has 2 aromatic carbocycles. The zero-order valence-corrected chi connectivity index (χ0v) is 20.2. The van der Waals surface area contributed by atoms with Crippen LogP contribution in [0.4, 0.5) is 0 Å². The van der Waals surface area contributed by atoms with Crippen LogP contribution in [0.15, 0.2) is 47.3 Å². The second-order valence-electron chi connectivity index (χ2n) is 8.05. The molecule has 0 bridgehead atoms. The largest absolute Gasteiger partial charge is 0.497 e. The minimum absolute atomic E-state index is 0.144. The Morgan fingerprint density at radius 2 is 1.84 bits per heavy atom. The van der Waals surface area contributed by atoms with Crippen LogP contribution in [0.2, 0.25) is 5.02 Å². The van der Waals surface area contributed by atoms with Gasteiger partial charge >= 0.3 is 0 Å². The lowest BCUT2D eigenvalue weighted by molar-refractivity contribution is -0.131. The second-order valence-corrected chi connectivity index (χ2v) is 8.75. The SMILES string of the molecule is COc1ccc(-n2c(C(C)N(CCC(C)C)C(=O)CCl)nc3cc(Cl)ccc3c2=O)cc1. The van der Waals surface area contributed by atoms with Crippen molar-refractivity contribution in [2.45, 2.75) is 33.2 Å². The molecule has 0 saturated heterocycles. The molecule has 1 unspecified atom stereocenters. The standard InChI is InChI=1S/C24H27Cl2N3O3/c1-15(2)11-12-28(22(30)14-25)16(3)23-27-21-13-17(26)5-10-20(21)24(31)29(23)18-6-8-19(32-4)9-7-18/h5-10,13,15-16H,11-12,14H2,1-4H3. The van der Waals surface area contributed by atoms with Crippen LogP contribution < -0.4 is 10.3 Å². The van der Waals surface area contributed by atoms with Gasteiger partial charge in [-0.15, -0.1) is 11.6 Å². The van der Waals surface area contributed by atoms with Crippen LogP contribution in [0.25, 0.3) is 16.6 Å². The number of fused-ring (bicyclic) bond motifs is 1. The molecular formula is C24H27Cl2N3O3. The number of carbonyl (C=O) groups excluding carboxylic acids is 1. The summed E-state index contributed by atoms with van der Waals surface area (Å²) < 4.78 is 6.80. The highest BCUT2D eigenvalue weighted by Gasteiger charge is 2.26. The van der Waals surface area contributed by atoms with E-state index in [0.29, 0.717) is 45.6 Å². The Bertz CT molecular complexity index is 1160. The predicted octanol–water partition coefficient (Wildman–Crippen LogP) is 5.22. The van der Waals surface area contributed by atoms with Crippen molar-refractivity contribution in [1.82, 2.24) is 14.5 Å². The minimum Gasteiger partial charge on any atom is -0.497 e. The molecule has 1 heterocycles. The van der Waals surface area contributed by atoms with Gasteiger partial charge in [-0.3, -0.25) is 14.2 Å². The van der Waals surface area contributed by atoms with Crippen molar-refractivity contribution >= 4 is 40.0 Å². The number of alkyl halides is 1. The average molecular weight is 476 g/mol. The molecule has 170 valence electrons. The molecule has 0 N–H and O–H groups in total. The normalized spacial score (nSPS) is 12.2. The first-order valence-electron chi connectivity index (χ1n) is 10.5. The van der Waals surface area contributed by atoms with Gasteiger partial charge in [0.05, 0.1) is 29.7 Å². The van der Waals surface area contributed by atoms with Crippen LogP contribution in [0.5, 0.6) is 5.75 Å². The van der Waals surface area contributed by atoms with Crippen molar-refractivity contribution in [3.63, 3.8) is 0 Å². The Morgan fingerprint density at radius 1 is 1.16 bits per heavy atom. The number of benzene rings is 2. The van der Waals surface area contributed by atoms with Gasteiger partial charge in [-0.2, -0.15) is 0 Å².